The fourth-order valence-corrected chi connectivity index (χ4v) is 3.66. The normalized spacial score (nSPS) is 11.8. The van der Waals surface area contributed by atoms with Crippen molar-refractivity contribution in [3.05, 3.63) is 70.6 Å². The highest BCUT2D eigenvalue weighted by Crippen LogP contribution is 2.20. The van der Waals surface area contributed by atoms with Gasteiger partial charge in [-0.15, -0.1) is 11.3 Å². The van der Waals surface area contributed by atoms with Gasteiger partial charge in [-0.05, 0) is 38.5 Å². The number of esters is 1. The molecule has 9 heteroatoms. The molecular weight excluding hydrogens is 430 g/mol. The van der Waals surface area contributed by atoms with Gasteiger partial charge in [0.05, 0.1) is 36.9 Å². The number of furan rings is 1. The second-order valence-corrected chi connectivity index (χ2v) is 8.38. The number of anilines is 1. The smallest absolute Gasteiger partial charge is 0.308 e. The first-order valence-corrected chi connectivity index (χ1v) is 11.0. The number of nitrogens with zero attached hydrogens (tertiary/aromatic N) is 1. The van der Waals surface area contributed by atoms with Crippen molar-refractivity contribution in [1.29, 1.82) is 0 Å². The third-order valence-corrected chi connectivity index (χ3v) is 5.22. The second kappa shape index (κ2) is 10.7. The molecule has 2 heterocycles. The van der Waals surface area contributed by atoms with Crippen molar-refractivity contribution in [3.8, 4) is 0 Å². The van der Waals surface area contributed by atoms with Crippen molar-refractivity contribution in [2.45, 2.75) is 45.8 Å². The monoisotopic (exact) mass is 455 g/mol. The van der Waals surface area contributed by atoms with E-state index in [0.29, 0.717) is 10.8 Å². The lowest BCUT2D eigenvalue weighted by molar-refractivity contribution is -0.148. The summed E-state index contributed by atoms with van der Waals surface area (Å²) in [6.45, 7) is 5.53. The van der Waals surface area contributed by atoms with Crippen LogP contribution < -0.4 is 10.6 Å². The molecule has 3 aromatic rings. The number of amides is 2. The molecule has 2 amide bonds. The Hall–Kier alpha value is -3.46. The molecule has 0 bridgehead atoms. The van der Waals surface area contributed by atoms with Crippen molar-refractivity contribution in [2.75, 3.05) is 5.32 Å². The lowest BCUT2D eigenvalue weighted by Gasteiger charge is -2.19. The van der Waals surface area contributed by atoms with E-state index in [-0.39, 0.29) is 36.6 Å². The van der Waals surface area contributed by atoms with Crippen LogP contribution in [0.2, 0.25) is 0 Å². The Labute approximate surface area is 190 Å². The molecule has 0 radical (unpaired) electrons. The van der Waals surface area contributed by atoms with Gasteiger partial charge >= 0.3 is 5.97 Å². The topological polar surface area (TPSA) is 111 Å². The van der Waals surface area contributed by atoms with Crippen LogP contribution in [0.1, 0.15) is 53.7 Å². The SMILES string of the molecule is Cc1ccc(C(CC(=O)OC(C)C)NC(=O)Cc2csc(NC(=O)c3ccco3)n2)cc1. The van der Waals surface area contributed by atoms with Crippen molar-refractivity contribution < 1.29 is 23.5 Å². The Bertz CT molecular complexity index is 1060. The van der Waals surface area contributed by atoms with Gasteiger partial charge in [-0.25, -0.2) is 4.98 Å². The highest BCUT2D eigenvalue weighted by atomic mass is 32.1. The van der Waals surface area contributed by atoms with Crippen LogP contribution in [0.25, 0.3) is 0 Å². The van der Waals surface area contributed by atoms with Gasteiger partial charge in [0.2, 0.25) is 5.91 Å². The third-order valence-electron chi connectivity index (χ3n) is 4.41. The average molecular weight is 456 g/mol. The Kier molecular flexibility index (Phi) is 7.77. The molecule has 0 fully saturated rings. The summed E-state index contributed by atoms with van der Waals surface area (Å²) in [5.74, 6) is -0.915. The van der Waals surface area contributed by atoms with Gasteiger partial charge in [-0.3, -0.25) is 19.7 Å². The zero-order valence-corrected chi connectivity index (χ0v) is 18.9. The Morgan fingerprint density at radius 1 is 1.16 bits per heavy atom. The van der Waals surface area contributed by atoms with Gasteiger partial charge in [0.1, 0.15) is 0 Å². The molecule has 0 aliphatic heterocycles. The van der Waals surface area contributed by atoms with Crippen LogP contribution >= 0.6 is 11.3 Å². The molecule has 0 aliphatic carbocycles. The van der Waals surface area contributed by atoms with Gasteiger partial charge < -0.3 is 14.5 Å². The Morgan fingerprint density at radius 3 is 2.56 bits per heavy atom. The van der Waals surface area contributed by atoms with Crippen molar-refractivity contribution in [3.63, 3.8) is 0 Å². The van der Waals surface area contributed by atoms with E-state index in [9.17, 15) is 14.4 Å². The molecule has 8 nitrogen and oxygen atoms in total. The molecule has 0 saturated heterocycles. The Balaban J connectivity index is 1.63. The summed E-state index contributed by atoms with van der Waals surface area (Å²) in [4.78, 5) is 41.2. The maximum absolute atomic E-state index is 12.7. The molecule has 168 valence electrons. The van der Waals surface area contributed by atoms with E-state index in [1.165, 1.54) is 17.6 Å². The number of nitrogens with one attached hydrogen (secondary N) is 2. The maximum Gasteiger partial charge on any atom is 0.308 e. The molecular formula is C23H25N3O5S. The molecule has 1 unspecified atom stereocenters. The standard InChI is InChI=1S/C23H25N3O5S/c1-14(2)31-21(28)12-18(16-8-6-15(3)7-9-16)25-20(27)11-17-13-32-23(24-17)26-22(29)19-5-4-10-30-19/h4-10,13-14,18H,11-12H2,1-3H3,(H,25,27)(H,24,26,29). The lowest BCUT2D eigenvalue weighted by atomic mass is 10.0. The van der Waals surface area contributed by atoms with Crippen LogP contribution in [0.5, 0.6) is 0 Å². The molecule has 2 aromatic heterocycles. The summed E-state index contributed by atoms with van der Waals surface area (Å²) in [6.07, 6.45) is 1.21. The molecule has 1 aromatic carbocycles. The summed E-state index contributed by atoms with van der Waals surface area (Å²) in [7, 11) is 0. The summed E-state index contributed by atoms with van der Waals surface area (Å²) in [6, 6.07) is 10.3. The second-order valence-electron chi connectivity index (χ2n) is 7.53. The van der Waals surface area contributed by atoms with E-state index in [1.807, 2.05) is 31.2 Å². The largest absolute Gasteiger partial charge is 0.463 e. The van der Waals surface area contributed by atoms with Crippen molar-refractivity contribution in [2.24, 2.45) is 0 Å². The highest BCUT2D eigenvalue weighted by molar-refractivity contribution is 7.14. The zero-order chi connectivity index (χ0) is 23.1. The van der Waals surface area contributed by atoms with E-state index < -0.39 is 11.9 Å². The quantitative estimate of drug-likeness (QED) is 0.471. The molecule has 3 rings (SSSR count). The predicted octanol–water partition coefficient (Wildman–Crippen LogP) is 4.04. The van der Waals surface area contributed by atoms with Crippen LogP contribution in [0.4, 0.5) is 5.13 Å². The van der Waals surface area contributed by atoms with Crippen LogP contribution in [0, 0.1) is 6.92 Å². The number of rotatable bonds is 9. The van der Waals surface area contributed by atoms with Crippen LogP contribution in [-0.2, 0) is 20.7 Å². The number of aryl methyl sites for hydroxylation is 1. The van der Waals surface area contributed by atoms with E-state index in [2.05, 4.69) is 15.6 Å². The van der Waals surface area contributed by atoms with Gasteiger partial charge in [-0.2, -0.15) is 0 Å². The predicted molar refractivity (Wildman–Crippen MR) is 120 cm³/mol. The number of carbonyl (C=O) groups excluding carboxylic acids is 3. The van der Waals surface area contributed by atoms with Crippen LogP contribution in [-0.4, -0.2) is 28.9 Å². The first-order valence-electron chi connectivity index (χ1n) is 10.1. The summed E-state index contributed by atoms with van der Waals surface area (Å²) < 4.78 is 10.3. The fraction of sp³-hybridized carbons (Fsp3) is 0.304. The first-order chi connectivity index (χ1) is 15.3. The molecule has 32 heavy (non-hydrogen) atoms. The number of hydrogen-bond acceptors (Lipinski definition) is 7. The fourth-order valence-electron chi connectivity index (χ4n) is 2.95. The zero-order valence-electron chi connectivity index (χ0n) is 18.1. The van der Waals surface area contributed by atoms with E-state index in [0.717, 1.165) is 11.1 Å². The van der Waals surface area contributed by atoms with Crippen LogP contribution in [0.3, 0.4) is 0 Å². The molecule has 1 atom stereocenters. The summed E-state index contributed by atoms with van der Waals surface area (Å²) >= 11 is 1.21. The van der Waals surface area contributed by atoms with E-state index in [1.54, 1.807) is 31.4 Å². The molecule has 2 N–H and O–H groups in total. The Morgan fingerprint density at radius 2 is 1.91 bits per heavy atom. The summed E-state index contributed by atoms with van der Waals surface area (Å²) in [5.41, 5.74) is 2.40. The van der Waals surface area contributed by atoms with E-state index >= 15 is 0 Å². The third kappa shape index (κ3) is 6.78. The van der Waals surface area contributed by atoms with Crippen molar-refractivity contribution in [1.82, 2.24) is 10.3 Å². The average Bonchev–Trinajstić information content (AvgIpc) is 3.40. The minimum atomic E-state index is -0.522. The molecule has 0 saturated carbocycles. The molecule has 0 spiro atoms. The van der Waals surface area contributed by atoms with Gasteiger partial charge in [-0.1, -0.05) is 29.8 Å². The number of benzene rings is 1. The number of hydrogen-bond donors (Lipinski definition) is 2. The number of carbonyl (C=O) groups is 3. The van der Waals surface area contributed by atoms with Crippen molar-refractivity contribution >= 4 is 34.3 Å². The van der Waals surface area contributed by atoms with Crippen LogP contribution in [0.15, 0.2) is 52.5 Å². The van der Waals surface area contributed by atoms with E-state index in [4.69, 9.17) is 9.15 Å². The highest BCUT2D eigenvalue weighted by Gasteiger charge is 2.21. The number of aromatic nitrogens is 1. The lowest BCUT2D eigenvalue weighted by Crippen LogP contribution is -2.32. The number of thiazole rings is 1. The minimum absolute atomic E-state index is 0.00864. The number of ether oxygens (including phenoxy) is 1. The van der Waals surface area contributed by atoms with Gasteiger partial charge in [0.25, 0.3) is 5.91 Å². The van der Waals surface area contributed by atoms with Gasteiger partial charge in [0, 0.05) is 5.38 Å². The first kappa shape index (κ1) is 23.2. The maximum atomic E-state index is 12.7. The summed E-state index contributed by atoms with van der Waals surface area (Å²) in [5, 5.41) is 7.60. The molecule has 0 aliphatic rings. The van der Waals surface area contributed by atoms with Gasteiger partial charge in [0.15, 0.2) is 10.9 Å². The minimum Gasteiger partial charge on any atom is -0.463 e.